The van der Waals surface area contributed by atoms with Gasteiger partial charge in [0, 0.05) is 6.42 Å². The molecule has 0 aliphatic heterocycles. The summed E-state index contributed by atoms with van der Waals surface area (Å²) >= 11 is 0. The second-order valence-electron chi connectivity index (χ2n) is 7.75. The molecule has 1 N–H and O–H groups in total. The summed E-state index contributed by atoms with van der Waals surface area (Å²) in [6.07, 6.45) is 10.1. The molecule has 0 spiro atoms. The Labute approximate surface area is 168 Å². The van der Waals surface area contributed by atoms with Crippen LogP contribution in [0.25, 0.3) is 0 Å². The monoisotopic (exact) mass is 394 g/mol. The molecule has 2 atom stereocenters. The van der Waals surface area contributed by atoms with Gasteiger partial charge in [-0.2, -0.15) is 0 Å². The average molecular weight is 395 g/mol. The number of aliphatic hydroxyl groups is 1. The molecule has 0 unspecified atom stereocenters. The van der Waals surface area contributed by atoms with E-state index in [-0.39, 0.29) is 18.3 Å². The fraction of sp³-hybridized carbons (Fsp3) is 0.696. The molecule has 0 saturated carbocycles. The summed E-state index contributed by atoms with van der Waals surface area (Å²) < 4.78 is 6.57. The molecule has 4 heteroatoms. The fourth-order valence-corrected chi connectivity index (χ4v) is 6.13. The van der Waals surface area contributed by atoms with Crippen LogP contribution < -0.4 is 0 Å². The van der Waals surface area contributed by atoms with E-state index in [1.807, 2.05) is 12.2 Å². The second kappa shape index (κ2) is 13.2. The number of hydrogen-bond acceptors (Lipinski definition) is 3. The molecule has 0 radical (unpaired) electrons. The van der Waals surface area contributed by atoms with Gasteiger partial charge in [-0.25, -0.2) is 0 Å². The van der Waals surface area contributed by atoms with Crippen LogP contribution in [0.5, 0.6) is 0 Å². The zero-order valence-electron chi connectivity index (χ0n) is 18.4. The highest BCUT2D eigenvalue weighted by Gasteiger charge is 2.32. The highest BCUT2D eigenvalue weighted by molar-refractivity contribution is 6.73. The maximum atomic E-state index is 12.5. The molecule has 0 aliphatic carbocycles. The lowest BCUT2D eigenvalue weighted by Crippen LogP contribution is -2.40. The summed E-state index contributed by atoms with van der Waals surface area (Å²) in [5, 5.41) is 10.5. The number of carbonyl (C=O) groups excluding carboxylic acids is 1. The van der Waals surface area contributed by atoms with Crippen LogP contribution in [-0.2, 0) is 9.22 Å². The van der Waals surface area contributed by atoms with Gasteiger partial charge in [-0.05, 0) is 50.4 Å². The summed E-state index contributed by atoms with van der Waals surface area (Å²) in [4.78, 5) is 12.5. The predicted octanol–water partition coefficient (Wildman–Crippen LogP) is 6.36. The first-order valence-corrected chi connectivity index (χ1v) is 13.1. The van der Waals surface area contributed by atoms with Crippen molar-refractivity contribution in [2.75, 3.05) is 0 Å². The lowest BCUT2D eigenvalue weighted by Gasteiger charge is -2.33. The number of allylic oxidation sites excluding steroid dienone is 1. The topological polar surface area (TPSA) is 46.5 Å². The largest absolute Gasteiger partial charge is 0.413 e. The van der Waals surface area contributed by atoms with Crippen molar-refractivity contribution < 1.29 is 14.3 Å². The van der Waals surface area contributed by atoms with Gasteiger partial charge in [0.1, 0.15) is 5.60 Å². The van der Waals surface area contributed by atoms with Crippen molar-refractivity contribution in [1.82, 2.24) is 0 Å². The molecular formula is C23H42O3Si. The van der Waals surface area contributed by atoms with Crippen LogP contribution in [0.2, 0.25) is 18.1 Å². The van der Waals surface area contributed by atoms with Crippen molar-refractivity contribution in [3.8, 4) is 0 Å². The van der Waals surface area contributed by atoms with E-state index < -0.39 is 13.9 Å². The van der Waals surface area contributed by atoms with Gasteiger partial charge in [0.05, 0.1) is 6.10 Å². The van der Waals surface area contributed by atoms with E-state index in [1.54, 1.807) is 13.0 Å². The Kier molecular flexibility index (Phi) is 12.8. The molecule has 0 aromatic heterocycles. The Hall–Kier alpha value is -0.973. The first-order valence-electron chi connectivity index (χ1n) is 10.6. The third-order valence-electron chi connectivity index (χ3n) is 5.44. The molecular weight excluding hydrogens is 352 g/mol. The third kappa shape index (κ3) is 9.68. The minimum atomic E-state index is -1.72. The van der Waals surface area contributed by atoms with Gasteiger partial charge >= 0.3 is 0 Å². The molecule has 3 nitrogen and oxygen atoms in total. The Morgan fingerprint density at radius 1 is 1.22 bits per heavy atom. The van der Waals surface area contributed by atoms with E-state index in [4.69, 9.17) is 4.43 Å². The Morgan fingerprint density at radius 3 is 2.30 bits per heavy atom. The van der Waals surface area contributed by atoms with Crippen LogP contribution in [0.4, 0.5) is 0 Å². The molecule has 0 bridgehead atoms. The summed E-state index contributed by atoms with van der Waals surface area (Å²) in [7, 11) is -1.72. The highest BCUT2D eigenvalue weighted by atomic mass is 28.4. The van der Waals surface area contributed by atoms with E-state index >= 15 is 0 Å². The molecule has 156 valence electrons. The first-order chi connectivity index (χ1) is 12.7. The summed E-state index contributed by atoms with van der Waals surface area (Å²) in [5.41, 5.74) is -0.611. The van der Waals surface area contributed by atoms with Crippen LogP contribution in [0.3, 0.4) is 0 Å². The van der Waals surface area contributed by atoms with Crippen LogP contribution in [-0.4, -0.2) is 30.9 Å². The summed E-state index contributed by atoms with van der Waals surface area (Å²) in [6, 6.07) is 3.28. The molecule has 0 fully saturated rings. The standard InChI is InChI=1S/C23H42O3Si/c1-8-13-14-15-17-23(7,25)22(24)19-20(6)18-21(16-9-2)26-27(10-3,11-4)12-5/h9,15,17,21,25H,2,6,8,10-14,16,18-19H2,1,3-5,7H3/b17-15+/t21-,23+/m0/s1. The van der Waals surface area contributed by atoms with Gasteiger partial charge in [-0.3, -0.25) is 4.79 Å². The number of hydrogen-bond donors (Lipinski definition) is 1. The quantitative estimate of drug-likeness (QED) is 0.188. The predicted molar refractivity (Wildman–Crippen MR) is 120 cm³/mol. The van der Waals surface area contributed by atoms with Crippen molar-refractivity contribution >= 4 is 14.1 Å². The SMILES string of the molecule is C=CC[C@@H](CC(=C)CC(=O)[C@](C)(O)/C=C/CCCC)O[Si](CC)(CC)CC. The van der Waals surface area contributed by atoms with Crippen molar-refractivity contribution in [1.29, 1.82) is 0 Å². The third-order valence-corrected chi connectivity index (χ3v) is 10.1. The molecule has 27 heavy (non-hydrogen) atoms. The number of unbranched alkanes of at least 4 members (excludes halogenated alkanes) is 2. The molecule has 0 amide bonds. The lowest BCUT2D eigenvalue weighted by molar-refractivity contribution is -0.130. The molecule has 0 aromatic rings. The second-order valence-corrected chi connectivity index (χ2v) is 12.5. The minimum absolute atomic E-state index is 0.0272. The number of rotatable bonds is 16. The molecule has 0 heterocycles. The zero-order chi connectivity index (χ0) is 20.9. The maximum absolute atomic E-state index is 12.5. The number of ketones is 1. The van der Waals surface area contributed by atoms with Crippen LogP contribution >= 0.6 is 0 Å². The minimum Gasteiger partial charge on any atom is -0.413 e. The Morgan fingerprint density at radius 2 is 1.81 bits per heavy atom. The summed E-state index contributed by atoms with van der Waals surface area (Å²) in [6.45, 7) is 18.3. The number of carbonyl (C=O) groups is 1. The van der Waals surface area contributed by atoms with Gasteiger partial charge in [0.25, 0.3) is 0 Å². The summed E-state index contributed by atoms with van der Waals surface area (Å²) in [5.74, 6) is -0.206. The van der Waals surface area contributed by atoms with Gasteiger partial charge in [-0.15, -0.1) is 6.58 Å². The van der Waals surface area contributed by atoms with Crippen LogP contribution in [0.15, 0.2) is 37.0 Å². The van der Waals surface area contributed by atoms with Gasteiger partial charge < -0.3 is 9.53 Å². The normalized spacial score (nSPS) is 15.5. The van der Waals surface area contributed by atoms with Crippen molar-refractivity contribution in [3.63, 3.8) is 0 Å². The number of Topliss-reactive ketones (excluding diaryl/α,β-unsaturated/α-hetero) is 1. The van der Waals surface area contributed by atoms with Gasteiger partial charge in [0.15, 0.2) is 14.1 Å². The van der Waals surface area contributed by atoms with E-state index in [2.05, 4.69) is 40.9 Å². The first kappa shape index (κ1) is 26.0. The highest BCUT2D eigenvalue weighted by Crippen LogP contribution is 2.27. The molecule has 0 aliphatic rings. The van der Waals surface area contributed by atoms with Gasteiger partial charge in [0.2, 0.25) is 0 Å². The van der Waals surface area contributed by atoms with Crippen molar-refractivity contribution in [3.05, 3.63) is 37.0 Å². The van der Waals surface area contributed by atoms with E-state index in [1.165, 1.54) is 0 Å². The smallest absolute Gasteiger partial charge is 0.192 e. The Balaban J connectivity index is 4.88. The van der Waals surface area contributed by atoms with Crippen molar-refractivity contribution in [2.45, 2.75) is 103 Å². The Bertz CT molecular complexity index is 482. The van der Waals surface area contributed by atoms with Crippen LogP contribution in [0, 0.1) is 0 Å². The van der Waals surface area contributed by atoms with E-state index in [9.17, 15) is 9.90 Å². The van der Waals surface area contributed by atoms with Crippen molar-refractivity contribution in [2.24, 2.45) is 0 Å². The zero-order valence-corrected chi connectivity index (χ0v) is 19.4. The molecule has 0 saturated heterocycles. The fourth-order valence-electron chi connectivity index (χ4n) is 3.24. The lowest BCUT2D eigenvalue weighted by atomic mass is 9.92. The molecule has 0 aromatic carbocycles. The van der Waals surface area contributed by atoms with E-state index in [0.29, 0.717) is 6.42 Å². The van der Waals surface area contributed by atoms with Gasteiger partial charge in [-0.1, -0.05) is 64.8 Å². The molecule has 0 rings (SSSR count). The average Bonchev–Trinajstić information content (AvgIpc) is 2.63. The van der Waals surface area contributed by atoms with E-state index in [0.717, 1.165) is 49.4 Å². The van der Waals surface area contributed by atoms with Crippen LogP contribution in [0.1, 0.15) is 73.1 Å². The maximum Gasteiger partial charge on any atom is 0.192 e.